The number of aromatic nitrogens is 2. The van der Waals surface area contributed by atoms with E-state index in [1.807, 2.05) is 0 Å². The fourth-order valence-corrected chi connectivity index (χ4v) is 1.54. The molecule has 0 amide bonds. The Balaban J connectivity index is 2.79. The predicted molar refractivity (Wildman–Crippen MR) is 48.7 cm³/mol. The highest BCUT2D eigenvalue weighted by Crippen LogP contribution is 2.18. The second-order valence-electron chi connectivity index (χ2n) is 2.87. The zero-order valence-electron chi connectivity index (χ0n) is 6.63. The second-order valence-corrected chi connectivity index (χ2v) is 2.87. The number of fused-ring (bicyclic) bond motifs is 3. The molecule has 3 aromatic rings. The molecule has 0 aliphatic heterocycles. The van der Waals surface area contributed by atoms with Crippen molar-refractivity contribution in [3.8, 4) is 0 Å². The van der Waals surface area contributed by atoms with Crippen LogP contribution in [-0.2, 0) is 0 Å². The highest BCUT2D eigenvalue weighted by atomic mass is 16.4. The SMILES string of the molecule is O=c1oc2cc[nH]c2c2[nH]ccc12. The molecule has 64 valence electrons. The smallest absolute Gasteiger partial charge is 0.345 e. The first-order chi connectivity index (χ1) is 6.36. The van der Waals surface area contributed by atoms with Crippen molar-refractivity contribution in [2.45, 2.75) is 0 Å². The van der Waals surface area contributed by atoms with Crippen LogP contribution in [-0.4, -0.2) is 9.97 Å². The van der Waals surface area contributed by atoms with Crippen molar-refractivity contribution in [1.29, 1.82) is 0 Å². The number of rotatable bonds is 0. The molecule has 0 aliphatic carbocycles. The van der Waals surface area contributed by atoms with Crippen LogP contribution in [0.4, 0.5) is 0 Å². The summed E-state index contributed by atoms with van der Waals surface area (Å²) in [4.78, 5) is 17.4. The topological polar surface area (TPSA) is 61.8 Å². The maximum Gasteiger partial charge on any atom is 0.345 e. The predicted octanol–water partition coefficient (Wildman–Crippen LogP) is 1.60. The third kappa shape index (κ3) is 0.717. The first kappa shape index (κ1) is 6.54. The molecule has 3 heterocycles. The summed E-state index contributed by atoms with van der Waals surface area (Å²) in [5.74, 6) is 0. The van der Waals surface area contributed by atoms with E-state index >= 15 is 0 Å². The van der Waals surface area contributed by atoms with Crippen LogP contribution in [0.25, 0.3) is 22.0 Å². The van der Waals surface area contributed by atoms with Crippen molar-refractivity contribution in [1.82, 2.24) is 9.97 Å². The van der Waals surface area contributed by atoms with E-state index in [9.17, 15) is 4.79 Å². The Morgan fingerprint density at radius 2 is 1.85 bits per heavy atom. The first-order valence-corrected chi connectivity index (χ1v) is 3.93. The minimum atomic E-state index is -0.302. The van der Waals surface area contributed by atoms with Crippen molar-refractivity contribution in [3.63, 3.8) is 0 Å². The lowest BCUT2D eigenvalue weighted by molar-refractivity contribution is 0.570. The van der Waals surface area contributed by atoms with Gasteiger partial charge in [-0.15, -0.1) is 0 Å². The molecule has 0 spiro atoms. The molecule has 0 bridgehead atoms. The average molecular weight is 174 g/mol. The van der Waals surface area contributed by atoms with Gasteiger partial charge in [0.15, 0.2) is 5.58 Å². The highest BCUT2D eigenvalue weighted by Gasteiger charge is 2.07. The van der Waals surface area contributed by atoms with Gasteiger partial charge in [0, 0.05) is 12.4 Å². The molecule has 4 heteroatoms. The lowest BCUT2D eigenvalue weighted by Crippen LogP contribution is -1.96. The number of nitrogens with one attached hydrogen (secondary N) is 2. The molecular weight excluding hydrogens is 168 g/mol. The van der Waals surface area contributed by atoms with Crippen LogP contribution < -0.4 is 5.63 Å². The van der Waals surface area contributed by atoms with Gasteiger partial charge in [0.1, 0.15) is 5.52 Å². The van der Waals surface area contributed by atoms with Gasteiger partial charge in [0.25, 0.3) is 0 Å². The molecule has 0 radical (unpaired) electrons. The Hall–Kier alpha value is -1.97. The second kappa shape index (κ2) is 2.04. The molecule has 0 saturated heterocycles. The maximum absolute atomic E-state index is 11.4. The van der Waals surface area contributed by atoms with Gasteiger partial charge in [0.05, 0.1) is 10.9 Å². The van der Waals surface area contributed by atoms with Gasteiger partial charge in [-0.05, 0) is 12.1 Å². The molecular formula is C9H6N2O2. The lowest BCUT2D eigenvalue weighted by atomic mass is 10.3. The number of H-pyrrole nitrogens is 2. The van der Waals surface area contributed by atoms with Gasteiger partial charge in [-0.2, -0.15) is 0 Å². The van der Waals surface area contributed by atoms with Crippen LogP contribution in [0.2, 0.25) is 0 Å². The number of aromatic amines is 2. The van der Waals surface area contributed by atoms with Crippen LogP contribution in [0.15, 0.2) is 33.7 Å². The number of hydrogen-bond acceptors (Lipinski definition) is 2. The molecule has 0 fully saturated rings. The zero-order valence-corrected chi connectivity index (χ0v) is 6.63. The summed E-state index contributed by atoms with van der Waals surface area (Å²) in [5.41, 5.74) is 1.92. The van der Waals surface area contributed by atoms with E-state index in [4.69, 9.17) is 4.42 Å². The van der Waals surface area contributed by atoms with Crippen molar-refractivity contribution >= 4 is 22.0 Å². The molecule has 2 N–H and O–H groups in total. The fraction of sp³-hybridized carbons (Fsp3) is 0. The maximum atomic E-state index is 11.4. The van der Waals surface area contributed by atoms with Gasteiger partial charge in [-0.3, -0.25) is 0 Å². The summed E-state index contributed by atoms with van der Waals surface area (Å²) in [5, 5.41) is 0.579. The molecule has 0 aromatic carbocycles. The van der Waals surface area contributed by atoms with E-state index in [2.05, 4.69) is 9.97 Å². The van der Waals surface area contributed by atoms with Gasteiger partial charge in [-0.25, -0.2) is 4.79 Å². The van der Waals surface area contributed by atoms with E-state index in [0.29, 0.717) is 11.0 Å². The largest absolute Gasteiger partial charge is 0.421 e. The van der Waals surface area contributed by atoms with Gasteiger partial charge in [-0.1, -0.05) is 0 Å². The lowest BCUT2D eigenvalue weighted by Gasteiger charge is -1.90. The normalized spacial score (nSPS) is 11.4. The Kier molecular flexibility index (Phi) is 1.02. The molecule has 0 aliphatic rings. The van der Waals surface area contributed by atoms with Crippen LogP contribution in [0.3, 0.4) is 0 Å². The van der Waals surface area contributed by atoms with E-state index in [-0.39, 0.29) is 5.63 Å². The summed E-state index contributed by atoms with van der Waals surface area (Å²) < 4.78 is 5.07. The quantitative estimate of drug-likeness (QED) is 0.543. The van der Waals surface area contributed by atoms with Gasteiger partial charge in [0.2, 0.25) is 0 Å². The summed E-state index contributed by atoms with van der Waals surface area (Å²) in [6.07, 6.45) is 3.47. The standard InChI is InChI=1S/C9H6N2O2/c12-9-5-1-3-10-7(5)8-6(13-9)2-4-11-8/h1-4,10-11H. The van der Waals surface area contributed by atoms with Crippen LogP contribution >= 0.6 is 0 Å². The van der Waals surface area contributed by atoms with Crippen LogP contribution in [0.5, 0.6) is 0 Å². The summed E-state index contributed by atoms with van der Waals surface area (Å²) in [6.45, 7) is 0. The third-order valence-corrected chi connectivity index (χ3v) is 2.13. The van der Waals surface area contributed by atoms with Crippen molar-refractivity contribution in [3.05, 3.63) is 34.9 Å². The Labute approximate surface area is 72.2 Å². The first-order valence-electron chi connectivity index (χ1n) is 3.93. The summed E-state index contributed by atoms with van der Waals surface area (Å²) in [6, 6.07) is 3.44. The highest BCUT2D eigenvalue weighted by molar-refractivity contribution is 5.99. The van der Waals surface area contributed by atoms with Crippen LogP contribution in [0.1, 0.15) is 0 Å². The average Bonchev–Trinajstić information content (AvgIpc) is 2.66. The third-order valence-electron chi connectivity index (χ3n) is 2.13. The molecule has 0 saturated carbocycles. The molecule has 3 aromatic heterocycles. The van der Waals surface area contributed by atoms with Gasteiger partial charge < -0.3 is 14.4 Å². The van der Waals surface area contributed by atoms with Gasteiger partial charge >= 0.3 is 5.63 Å². The van der Waals surface area contributed by atoms with E-state index in [1.54, 1.807) is 24.5 Å². The minimum Gasteiger partial charge on any atom is -0.421 e. The van der Waals surface area contributed by atoms with Crippen molar-refractivity contribution < 1.29 is 4.42 Å². The van der Waals surface area contributed by atoms with Crippen molar-refractivity contribution in [2.24, 2.45) is 0 Å². The fourth-order valence-electron chi connectivity index (χ4n) is 1.54. The minimum absolute atomic E-state index is 0.302. The monoisotopic (exact) mass is 174 g/mol. The van der Waals surface area contributed by atoms with E-state index in [1.165, 1.54) is 0 Å². The van der Waals surface area contributed by atoms with E-state index in [0.717, 1.165) is 11.0 Å². The Morgan fingerprint density at radius 3 is 2.77 bits per heavy atom. The Morgan fingerprint density at radius 1 is 1.08 bits per heavy atom. The van der Waals surface area contributed by atoms with Crippen LogP contribution in [0, 0.1) is 0 Å². The van der Waals surface area contributed by atoms with E-state index < -0.39 is 0 Å². The molecule has 13 heavy (non-hydrogen) atoms. The number of hydrogen-bond donors (Lipinski definition) is 2. The zero-order chi connectivity index (χ0) is 8.84. The Bertz CT molecular complexity index is 629. The summed E-state index contributed by atoms with van der Waals surface area (Å²) in [7, 11) is 0. The summed E-state index contributed by atoms with van der Waals surface area (Å²) >= 11 is 0. The molecule has 4 nitrogen and oxygen atoms in total. The molecule has 3 rings (SSSR count). The molecule has 0 atom stereocenters. The molecule has 0 unspecified atom stereocenters. The van der Waals surface area contributed by atoms with Crippen molar-refractivity contribution in [2.75, 3.05) is 0 Å².